The average Bonchev–Trinajstić information content (AvgIpc) is 3.02. The molecule has 1 amide bonds. The number of hydrogen-bond acceptors (Lipinski definition) is 7. The second-order valence-electron chi connectivity index (χ2n) is 6.90. The molecule has 0 bridgehead atoms. The molecule has 1 N–H and O–H groups in total. The Kier molecular flexibility index (Phi) is 4.75. The van der Waals surface area contributed by atoms with Gasteiger partial charge in [0.05, 0.1) is 10.2 Å². The number of nitrogens with zero attached hydrogens (tertiary/aromatic N) is 5. The van der Waals surface area contributed by atoms with Crippen LogP contribution in [-0.2, 0) is 0 Å². The highest BCUT2D eigenvalue weighted by molar-refractivity contribution is 7.22. The Bertz CT molecular complexity index is 973. The summed E-state index contributed by atoms with van der Waals surface area (Å²) in [6.07, 6.45) is 0. The molecule has 3 heterocycles. The molecule has 27 heavy (non-hydrogen) atoms. The molecule has 140 valence electrons. The van der Waals surface area contributed by atoms with Crippen LogP contribution in [0.5, 0.6) is 0 Å². The molecule has 2 aromatic heterocycles. The molecule has 4 rings (SSSR count). The van der Waals surface area contributed by atoms with E-state index in [4.69, 9.17) is 0 Å². The van der Waals surface area contributed by atoms with Gasteiger partial charge >= 0.3 is 0 Å². The standard InChI is InChI=1S/C19H22N6OS/c1-12-10-13(2)21-18(20-12)23-19-22-15-5-4-14(11-16(15)27-19)17(26)25-8-6-24(3)7-9-25/h4-5,10-11H,6-9H2,1-3H3,(H,20,21,22,23). The van der Waals surface area contributed by atoms with Crippen molar-refractivity contribution in [3.63, 3.8) is 0 Å². The second-order valence-corrected chi connectivity index (χ2v) is 7.93. The fraction of sp³-hybridized carbons (Fsp3) is 0.368. The maximum atomic E-state index is 12.8. The van der Waals surface area contributed by atoms with Crippen molar-refractivity contribution in [2.75, 3.05) is 38.5 Å². The van der Waals surface area contributed by atoms with Gasteiger partial charge in [-0.3, -0.25) is 10.1 Å². The lowest BCUT2D eigenvalue weighted by molar-refractivity contribution is 0.0664. The summed E-state index contributed by atoms with van der Waals surface area (Å²) in [6, 6.07) is 7.63. The molecular formula is C19H22N6OS. The number of benzene rings is 1. The minimum absolute atomic E-state index is 0.0885. The maximum absolute atomic E-state index is 12.8. The molecule has 1 fully saturated rings. The van der Waals surface area contributed by atoms with Crippen molar-refractivity contribution in [3.8, 4) is 0 Å². The van der Waals surface area contributed by atoms with E-state index in [1.165, 1.54) is 11.3 Å². The average molecular weight is 382 g/mol. The summed E-state index contributed by atoms with van der Waals surface area (Å²) in [5, 5.41) is 3.90. The summed E-state index contributed by atoms with van der Waals surface area (Å²) in [7, 11) is 2.08. The van der Waals surface area contributed by atoms with Gasteiger partial charge in [-0.1, -0.05) is 11.3 Å². The van der Waals surface area contributed by atoms with E-state index in [2.05, 4.69) is 32.2 Å². The predicted molar refractivity (Wildman–Crippen MR) is 108 cm³/mol. The molecule has 0 radical (unpaired) electrons. The van der Waals surface area contributed by atoms with Gasteiger partial charge in [-0.15, -0.1) is 0 Å². The number of amides is 1. The number of aryl methyl sites for hydroxylation is 2. The highest BCUT2D eigenvalue weighted by Gasteiger charge is 2.21. The van der Waals surface area contributed by atoms with Crippen LogP contribution in [0.4, 0.5) is 11.1 Å². The minimum Gasteiger partial charge on any atom is -0.336 e. The van der Waals surface area contributed by atoms with Crippen LogP contribution < -0.4 is 5.32 Å². The number of aromatic nitrogens is 3. The van der Waals surface area contributed by atoms with Crippen molar-refractivity contribution in [1.29, 1.82) is 0 Å². The molecule has 1 aliphatic rings. The van der Waals surface area contributed by atoms with Gasteiger partial charge in [0.1, 0.15) is 0 Å². The summed E-state index contributed by atoms with van der Waals surface area (Å²) in [6.45, 7) is 7.25. The van der Waals surface area contributed by atoms with Crippen molar-refractivity contribution in [2.45, 2.75) is 13.8 Å². The molecule has 8 heteroatoms. The lowest BCUT2D eigenvalue weighted by atomic mass is 10.1. The number of carbonyl (C=O) groups is 1. The van der Waals surface area contributed by atoms with Crippen molar-refractivity contribution in [1.82, 2.24) is 24.8 Å². The summed E-state index contributed by atoms with van der Waals surface area (Å²) < 4.78 is 0.974. The Labute approximate surface area is 162 Å². The Morgan fingerprint density at radius 3 is 2.44 bits per heavy atom. The first-order valence-corrected chi connectivity index (χ1v) is 9.77. The molecule has 1 aromatic carbocycles. The molecule has 0 unspecified atom stereocenters. The van der Waals surface area contributed by atoms with Gasteiger partial charge in [0.15, 0.2) is 5.13 Å². The van der Waals surface area contributed by atoms with E-state index in [1.807, 2.05) is 43.0 Å². The van der Waals surface area contributed by atoms with Gasteiger partial charge in [-0.25, -0.2) is 15.0 Å². The third-order valence-electron chi connectivity index (χ3n) is 4.63. The SMILES string of the molecule is Cc1cc(C)nc(Nc2nc3ccc(C(=O)N4CCN(C)CC4)cc3s2)n1. The number of carbonyl (C=O) groups excluding carboxylic acids is 1. The smallest absolute Gasteiger partial charge is 0.253 e. The van der Waals surface area contributed by atoms with Crippen molar-refractivity contribution in [2.24, 2.45) is 0 Å². The number of rotatable bonds is 3. The van der Waals surface area contributed by atoms with E-state index in [1.54, 1.807) is 0 Å². The molecule has 0 atom stereocenters. The van der Waals surface area contributed by atoms with Crippen molar-refractivity contribution < 1.29 is 4.79 Å². The quantitative estimate of drug-likeness (QED) is 0.751. The van der Waals surface area contributed by atoms with E-state index < -0.39 is 0 Å². The van der Waals surface area contributed by atoms with Crippen LogP contribution in [0.25, 0.3) is 10.2 Å². The molecular weight excluding hydrogens is 360 g/mol. The van der Waals surface area contributed by atoms with Crippen LogP contribution in [0.2, 0.25) is 0 Å². The van der Waals surface area contributed by atoms with Crippen LogP contribution in [0, 0.1) is 13.8 Å². The Morgan fingerprint density at radius 2 is 1.74 bits per heavy atom. The van der Waals surface area contributed by atoms with E-state index in [-0.39, 0.29) is 5.91 Å². The zero-order valence-electron chi connectivity index (χ0n) is 15.7. The molecule has 3 aromatic rings. The first-order chi connectivity index (χ1) is 13.0. The Morgan fingerprint density at radius 1 is 1.04 bits per heavy atom. The molecule has 1 saturated heterocycles. The summed E-state index contributed by atoms with van der Waals surface area (Å²) in [5.41, 5.74) is 3.39. The first kappa shape index (κ1) is 17.8. The first-order valence-electron chi connectivity index (χ1n) is 8.96. The van der Waals surface area contributed by atoms with Crippen molar-refractivity contribution >= 4 is 38.5 Å². The molecule has 1 aliphatic heterocycles. The second kappa shape index (κ2) is 7.21. The summed E-state index contributed by atoms with van der Waals surface area (Å²) in [4.78, 5) is 30.3. The van der Waals surface area contributed by atoms with Gasteiger partial charge in [0.2, 0.25) is 5.95 Å². The topological polar surface area (TPSA) is 74.2 Å². The maximum Gasteiger partial charge on any atom is 0.253 e. The van der Waals surface area contributed by atoms with Crippen LogP contribution >= 0.6 is 11.3 Å². The van der Waals surface area contributed by atoms with Gasteiger partial charge in [0.25, 0.3) is 5.91 Å². The molecule has 0 saturated carbocycles. The monoisotopic (exact) mass is 382 g/mol. The highest BCUT2D eigenvalue weighted by atomic mass is 32.1. The number of hydrogen-bond donors (Lipinski definition) is 1. The predicted octanol–water partition coefficient (Wildman–Crippen LogP) is 2.83. The highest BCUT2D eigenvalue weighted by Crippen LogP contribution is 2.28. The van der Waals surface area contributed by atoms with Crippen LogP contribution in [0.1, 0.15) is 21.7 Å². The van der Waals surface area contributed by atoms with Gasteiger partial charge < -0.3 is 9.80 Å². The Balaban J connectivity index is 1.55. The van der Waals surface area contributed by atoms with Crippen LogP contribution in [0.3, 0.4) is 0 Å². The number of nitrogens with one attached hydrogen (secondary N) is 1. The summed E-state index contributed by atoms with van der Waals surface area (Å²) >= 11 is 1.50. The number of fused-ring (bicyclic) bond motifs is 1. The fourth-order valence-corrected chi connectivity index (χ4v) is 4.08. The largest absolute Gasteiger partial charge is 0.336 e. The number of piperazine rings is 1. The zero-order valence-corrected chi connectivity index (χ0v) is 16.5. The van der Waals surface area contributed by atoms with Crippen molar-refractivity contribution in [3.05, 3.63) is 41.2 Å². The number of likely N-dealkylation sites (N-methyl/N-ethyl adjacent to an activating group) is 1. The molecule has 0 spiro atoms. The van der Waals surface area contributed by atoms with E-state index >= 15 is 0 Å². The van der Waals surface area contributed by atoms with Gasteiger partial charge in [-0.2, -0.15) is 0 Å². The Hall–Kier alpha value is -2.58. The van der Waals surface area contributed by atoms with E-state index in [0.29, 0.717) is 11.5 Å². The normalized spacial score (nSPS) is 15.3. The minimum atomic E-state index is 0.0885. The molecule has 0 aliphatic carbocycles. The fourth-order valence-electron chi connectivity index (χ4n) is 3.18. The van der Waals surface area contributed by atoms with E-state index in [0.717, 1.165) is 52.9 Å². The number of thiazole rings is 1. The third-order valence-corrected chi connectivity index (χ3v) is 5.56. The summed E-state index contributed by atoms with van der Waals surface area (Å²) in [5.74, 6) is 0.630. The van der Waals surface area contributed by atoms with Crippen LogP contribution in [0.15, 0.2) is 24.3 Å². The lowest BCUT2D eigenvalue weighted by Crippen LogP contribution is -2.47. The van der Waals surface area contributed by atoms with Crippen LogP contribution in [-0.4, -0.2) is 63.9 Å². The zero-order chi connectivity index (χ0) is 19.0. The van der Waals surface area contributed by atoms with Gasteiger partial charge in [0, 0.05) is 43.1 Å². The third kappa shape index (κ3) is 3.91. The molecule has 7 nitrogen and oxygen atoms in total. The van der Waals surface area contributed by atoms with E-state index in [9.17, 15) is 4.79 Å². The number of anilines is 2. The lowest BCUT2D eigenvalue weighted by Gasteiger charge is -2.32. The van der Waals surface area contributed by atoms with Gasteiger partial charge in [-0.05, 0) is 45.2 Å².